The van der Waals surface area contributed by atoms with E-state index in [-0.39, 0.29) is 31.1 Å². The lowest BCUT2D eigenvalue weighted by molar-refractivity contribution is -0.167. The van der Waals surface area contributed by atoms with Crippen LogP contribution in [0.25, 0.3) is 0 Å². The highest BCUT2D eigenvalue weighted by Gasteiger charge is 2.19. The van der Waals surface area contributed by atoms with Gasteiger partial charge in [0.2, 0.25) is 0 Å². The number of allylic oxidation sites excluding steroid dienone is 6. The van der Waals surface area contributed by atoms with Crippen molar-refractivity contribution in [2.24, 2.45) is 0 Å². The highest BCUT2D eigenvalue weighted by molar-refractivity contribution is 5.71. The molecular weight excluding hydrogens is 636 g/mol. The molecule has 1 unspecified atom stereocenters. The molecule has 1 atom stereocenters. The first-order valence-electron chi connectivity index (χ1n) is 21.5. The van der Waals surface area contributed by atoms with E-state index < -0.39 is 6.10 Å². The fourth-order valence-electron chi connectivity index (χ4n) is 5.77. The molecule has 0 saturated heterocycles. The summed E-state index contributed by atoms with van der Waals surface area (Å²) in [6.07, 6.45) is 44.2. The summed E-state index contributed by atoms with van der Waals surface area (Å²) in [7, 11) is 0. The maximum absolute atomic E-state index is 12.6. The van der Waals surface area contributed by atoms with Gasteiger partial charge < -0.3 is 14.2 Å². The zero-order valence-corrected chi connectivity index (χ0v) is 33.6. The van der Waals surface area contributed by atoms with Gasteiger partial charge in [0.25, 0.3) is 0 Å². The van der Waals surface area contributed by atoms with Gasteiger partial charge in [-0.1, -0.05) is 147 Å². The third kappa shape index (κ3) is 38.7. The zero-order valence-electron chi connectivity index (χ0n) is 33.6. The van der Waals surface area contributed by atoms with Crippen molar-refractivity contribution in [2.75, 3.05) is 13.2 Å². The van der Waals surface area contributed by atoms with Crippen LogP contribution in [0.5, 0.6) is 0 Å². The van der Waals surface area contributed by atoms with Gasteiger partial charge in [-0.25, -0.2) is 0 Å². The number of hydrogen-bond acceptors (Lipinski definition) is 6. The molecule has 0 spiro atoms. The monoisotopic (exact) mass is 717 g/mol. The zero-order chi connectivity index (χ0) is 37.3. The summed E-state index contributed by atoms with van der Waals surface area (Å²) in [5.74, 6) is -0.956. The van der Waals surface area contributed by atoms with Gasteiger partial charge in [-0.15, -0.1) is 0 Å². The summed E-state index contributed by atoms with van der Waals surface area (Å²) in [6, 6.07) is 0. The van der Waals surface area contributed by atoms with E-state index in [0.29, 0.717) is 25.7 Å². The Bertz CT molecular complexity index is 876. The van der Waals surface area contributed by atoms with Crippen LogP contribution in [-0.4, -0.2) is 37.2 Å². The van der Waals surface area contributed by atoms with Crippen LogP contribution >= 0.6 is 0 Å². The number of unbranched alkanes of at least 4 members (excludes halogenated alkanes) is 21. The molecule has 6 heteroatoms. The largest absolute Gasteiger partial charge is 0.462 e. The van der Waals surface area contributed by atoms with Crippen LogP contribution in [0.3, 0.4) is 0 Å². The first-order chi connectivity index (χ1) is 25.0. The Balaban J connectivity index is 4.42. The molecule has 0 aromatic carbocycles. The van der Waals surface area contributed by atoms with E-state index in [9.17, 15) is 14.4 Å². The molecule has 0 aromatic heterocycles. The minimum atomic E-state index is -0.787. The number of ether oxygens (including phenoxy) is 3. The van der Waals surface area contributed by atoms with Gasteiger partial charge in [-0.2, -0.15) is 0 Å². The number of esters is 3. The second-order valence-electron chi connectivity index (χ2n) is 14.2. The van der Waals surface area contributed by atoms with Gasteiger partial charge in [0.1, 0.15) is 13.2 Å². The van der Waals surface area contributed by atoms with E-state index >= 15 is 0 Å². The summed E-state index contributed by atoms with van der Waals surface area (Å²) in [5, 5.41) is 0. The SMILES string of the molecule is CCCC/C=C\CCCCCCCC(=O)OC(COC(=O)CCC/C=C\CCCCCC)COC(=O)CCCCC/C=C\CCCCCCCC. The minimum Gasteiger partial charge on any atom is -0.462 e. The van der Waals surface area contributed by atoms with Crippen molar-refractivity contribution < 1.29 is 28.6 Å². The maximum Gasteiger partial charge on any atom is 0.306 e. The predicted molar refractivity (Wildman–Crippen MR) is 215 cm³/mol. The summed E-state index contributed by atoms with van der Waals surface area (Å²) >= 11 is 0. The number of carbonyl (C=O) groups is 3. The second-order valence-corrected chi connectivity index (χ2v) is 14.2. The molecule has 0 fully saturated rings. The Morgan fingerprint density at radius 1 is 0.373 bits per heavy atom. The van der Waals surface area contributed by atoms with Crippen LogP contribution in [0.4, 0.5) is 0 Å². The Morgan fingerprint density at radius 3 is 1.16 bits per heavy atom. The van der Waals surface area contributed by atoms with Crippen LogP contribution in [0, 0.1) is 0 Å². The highest BCUT2D eigenvalue weighted by Crippen LogP contribution is 2.12. The van der Waals surface area contributed by atoms with Crippen molar-refractivity contribution >= 4 is 17.9 Å². The van der Waals surface area contributed by atoms with E-state index in [1.807, 2.05) is 0 Å². The van der Waals surface area contributed by atoms with Crippen molar-refractivity contribution in [1.82, 2.24) is 0 Å². The molecule has 0 aliphatic heterocycles. The van der Waals surface area contributed by atoms with E-state index in [0.717, 1.165) is 77.0 Å². The van der Waals surface area contributed by atoms with Crippen molar-refractivity contribution in [3.8, 4) is 0 Å². The van der Waals surface area contributed by atoms with Crippen LogP contribution in [0.1, 0.15) is 213 Å². The highest BCUT2D eigenvalue weighted by atomic mass is 16.6. The lowest BCUT2D eigenvalue weighted by Gasteiger charge is -2.18. The molecule has 0 rings (SSSR count). The van der Waals surface area contributed by atoms with Crippen LogP contribution < -0.4 is 0 Å². The molecule has 51 heavy (non-hydrogen) atoms. The molecule has 0 aliphatic rings. The molecule has 296 valence electrons. The Labute approximate surface area is 315 Å². The predicted octanol–water partition coefficient (Wildman–Crippen LogP) is 13.4. The number of carbonyl (C=O) groups excluding carboxylic acids is 3. The van der Waals surface area contributed by atoms with Gasteiger partial charge in [0.15, 0.2) is 6.10 Å². The molecule has 0 amide bonds. The third-order valence-corrected chi connectivity index (χ3v) is 9.09. The van der Waals surface area contributed by atoms with Crippen molar-refractivity contribution in [3.05, 3.63) is 36.5 Å². The van der Waals surface area contributed by atoms with Gasteiger partial charge >= 0.3 is 17.9 Å². The fourth-order valence-corrected chi connectivity index (χ4v) is 5.77. The van der Waals surface area contributed by atoms with Crippen LogP contribution in [0.15, 0.2) is 36.5 Å². The average Bonchev–Trinajstić information content (AvgIpc) is 3.12. The normalized spacial score (nSPS) is 12.3. The Morgan fingerprint density at radius 2 is 0.686 bits per heavy atom. The molecule has 0 aliphatic carbocycles. The molecule has 0 heterocycles. The van der Waals surface area contributed by atoms with E-state index in [1.165, 1.54) is 89.9 Å². The standard InChI is InChI=1S/C45H80O6/c1-4-7-10-13-16-19-21-22-24-26-29-32-35-38-44(47)50-41-42(40-49-43(46)37-34-31-28-25-18-15-12-9-6-3)51-45(48)39-36-33-30-27-23-20-17-14-11-8-5-2/h14,17,22,24-25,28,42H,4-13,15-16,18-21,23,26-27,29-41H2,1-3H3/b17-14-,24-22-,28-25-. The Kier molecular flexibility index (Phi) is 38.5. The molecule has 0 aromatic rings. The lowest BCUT2D eigenvalue weighted by atomic mass is 10.1. The summed E-state index contributed by atoms with van der Waals surface area (Å²) in [4.78, 5) is 37.5. The molecular formula is C45H80O6. The fraction of sp³-hybridized carbons (Fsp3) is 0.800. The van der Waals surface area contributed by atoms with E-state index in [1.54, 1.807) is 0 Å². The third-order valence-electron chi connectivity index (χ3n) is 9.09. The van der Waals surface area contributed by atoms with Crippen LogP contribution in [-0.2, 0) is 28.6 Å². The van der Waals surface area contributed by atoms with E-state index in [4.69, 9.17) is 14.2 Å². The van der Waals surface area contributed by atoms with Gasteiger partial charge in [-0.3, -0.25) is 14.4 Å². The van der Waals surface area contributed by atoms with Crippen LogP contribution in [0.2, 0.25) is 0 Å². The molecule has 0 radical (unpaired) electrons. The first kappa shape index (κ1) is 48.6. The minimum absolute atomic E-state index is 0.0917. The first-order valence-corrected chi connectivity index (χ1v) is 21.5. The number of hydrogen-bond donors (Lipinski definition) is 0. The summed E-state index contributed by atoms with van der Waals surface area (Å²) in [6.45, 7) is 6.49. The molecule has 0 bridgehead atoms. The maximum atomic E-state index is 12.6. The van der Waals surface area contributed by atoms with Crippen molar-refractivity contribution in [3.63, 3.8) is 0 Å². The smallest absolute Gasteiger partial charge is 0.306 e. The summed E-state index contributed by atoms with van der Waals surface area (Å²) in [5.41, 5.74) is 0. The molecule has 0 N–H and O–H groups in total. The molecule has 6 nitrogen and oxygen atoms in total. The quantitative estimate of drug-likeness (QED) is 0.0274. The Hall–Kier alpha value is -2.37. The average molecular weight is 717 g/mol. The van der Waals surface area contributed by atoms with Gasteiger partial charge in [0, 0.05) is 19.3 Å². The number of rotatable bonds is 38. The van der Waals surface area contributed by atoms with Crippen molar-refractivity contribution in [2.45, 2.75) is 219 Å². The van der Waals surface area contributed by atoms with Gasteiger partial charge in [0.05, 0.1) is 0 Å². The van der Waals surface area contributed by atoms with Gasteiger partial charge in [-0.05, 0) is 83.5 Å². The summed E-state index contributed by atoms with van der Waals surface area (Å²) < 4.78 is 16.6. The van der Waals surface area contributed by atoms with E-state index in [2.05, 4.69) is 57.2 Å². The lowest BCUT2D eigenvalue weighted by Crippen LogP contribution is -2.30. The second kappa shape index (κ2) is 40.4. The van der Waals surface area contributed by atoms with Crippen molar-refractivity contribution in [1.29, 1.82) is 0 Å². The topological polar surface area (TPSA) is 78.9 Å². The molecule has 0 saturated carbocycles.